The van der Waals surface area contributed by atoms with Gasteiger partial charge in [0.05, 0.1) is 38.9 Å². The minimum absolute atomic E-state index is 0.335. The van der Waals surface area contributed by atoms with Crippen LogP contribution in [-0.2, 0) is 19.1 Å². The Bertz CT molecular complexity index is 746. The maximum atomic E-state index is 5.79. The average molecular weight is 414 g/mol. The van der Waals surface area contributed by atoms with Crippen molar-refractivity contribution in [1.82, 2.24) is 0 Å². The lowest BCUT2D eigenvalue weighted by molar-refractivity contribution is 0.0177. The SMILES string of the molecule is C1=N\OCCOCCO/N=C\c2ccccc2OCCOCCOc2ccccc2/1. The molecule has 1 heterocycles. The number of ether oxygens (including phenoxy) is 4. The Morgan fingerprint density at radius 2 is 0.933 bits per heavy atom. The van der Waals surface area contributed by atoms with Gasteiger partial charge in [-0.25, -0.2) is 0 Å². The average Bonchev–Trinajstić information content (AvgIpc) is 2.78. The second kappa shape index (κ2) is 13.2. The molecule has 30 heavy (non-hydrogen) atoms. The van der Waals surface area contributed by atoms with Gasteiger partial charge in [-0.05, 0) is 24.3 Å². The first-order valence-corrected chi connectivity index (χ1v) is 9.83. The molecule has 3 rings (SSSR count). The first-order chi connectivity index (χ1) is 14.9. The van der Waals surface area contributed by atoms with Gasteiger partial charge in [0.25, 0.3) is 0 Å². The van der Waals surface area contributed by atoms with Crippen molar-refractivity contribution >= 4 is 12.4 Å². The molecule has 0 aromatic heterocycles. The number of nitrogens with zero attached hydrogens (tertiary/aromatic N) is 2. The summed E-state index contributed by atoms with van der Waals surface area (Å²) in [6, 6.07) is 15.2. The molecule has 0 saturated heterocycles. The Labute approximate surface area is 176 Å². The summed E-state index contributed by atoms with van der Waals surface area (Å²) in [7, 11) is 0. The maximum absolute atomic E-state index is 5.79. The third-order valence-electron chi connectivity index (χ3n) is 3.98. The van der Waals surface area contributed by atoms with E-state index < -0.39 is 0 Å². The van der Waals surface area contributed by atoms with Gasteiger partial charge in [0.1, 0.15) is 37.9 Å². The molecular weight excluding hydrogens is 388 g/mol. The number of hydrogen-bond donors (Lipinski definition) is 0. The fraction of sp³-hybridized carbons (Fsp3) is 0.364. The molecule has 0 N–H and O–H groups in total. The van der Waals surface area contributed by atoms with Gasteiger partial charge in [-0.2, -0.15) is 0 Å². The summed E-state index contributed by atoms with van der Waals surface area (Å²) in [5.74, 6) is 1.43. The normalized spacial score (nSPS) is 18.9. The summed E-state index contributed by atoms with van der Waals surface area (Å²) in [6.07, 6.45) is 3.23. The highest BCUT2D eigenvalue weighted by molar-refractivity contribution is 5.83. The van der Waals surface area contributed by atoms with Crippen LogP contribution in [0.3, 0.4) is 0 Å². The predicted molar refractivity (Wildman–Crippen MR) is 113 cm³/mol. The lowest BCUT2D eigenvalue weighted by atomic mass is 10.2. The van der Waals surface area contributed by atoms with Crippen LogP contribution in [-0.4, -0.2) is 65.3 Å². The molecule has 0 amide bonds. The summed E-state index contributed by atoms with van der Waals surface area (Å²) in [5.41, 5.74) is 1.65. The van der Waals surface area contributed by atoms with Crippen LogP contribution < -0.4 is 9.47 Å². The van der Waals surface area contributed by atoms with Crippen LogP contribution in [0, 0.1) is 0 Å². The van der Waals surface area contributed by atoms with Crippen molar-refractivity contribution in [2.24, 2.45) is 10.3 Å². The second-order valence-corrected chi connectivity index (χ2v) is 6.13. The van der Waals surface area contributed by atoms with E-state index in [0.29, 0.717) is 64.4 Å². The van der Waals surface area contributed by atoms with Crippen LogP contribution in [0.1, 0.15) is 11.1 Å². The molecule has 160 valence electrons. The molecule has 8 heteroatoms. The van der Waals surface area contributed by atoms with E-state index in [1.54, 1.807) is 12.4 Å². The molecule has 0 bridgehead atoms. The summed E-state index contributed by atoms with van der Waals surface area (Å²) < 4.78 is 22.6. The van der Waals surface area contributed by atoms with Gasteiger partial charge in [0, 0.05) is 11.1 Å². The number of hydrogen-bond acceptors (Lipinski definition) is 8. The maximum Gasteiger partial charge on any atom is 0.140 e. The number of rotatable bonds is 0. The number of oxime groups is 2. The van der Waals surface area contributed by atoms with Crippen molar-refractivity contribution in [3.63, 3.8) is 0 Å². The van der Waals surface area contributed by atoms with Gasteiger partial charge in [0.2, 0.25) is 0 Å². The van der Waals surface area contributed by atoms with Crippen molar-refractivity contribution in [2.75, 3.05) is 52.9 Å². The highest BCUT2D eigenvalue weighted by atomic mass is 16.7. The standard InChI is InChI=1S/C22H26N2O6/c1-3-7-21-19(5-1)17-23-29-15-11-26-12-16-30-24-18-20-6-2-4-8-22(20)28-14-10-25-9-13-27-21/h1-8,17-18H,9-16H2/b23-17-,24-18-. The topological polar surface area (TPSA) is 80.1 Å². The van der Waals surface area contributed by atoms with E-state index in [-0.39, 0.29) is 0 Å². The lowest BCUT2D eigenvalue weighted by Gasteiger charge is -2.11. The van der Waals surface area contributed by atoms with E-state index in [1.165, 1.54) is 0 Å². The molecule has 0 atom stereocenters. The van der Waals surface area contributed by atoms with Crippen LogP contribution >= 0.6 is 0 Å². The van der Waals surface area contributed by atoms with Crippen LogP contribution in [0.15, 0.2) is 58.8 Å². The highest BCUT2D eigenvalue weighted by Gasteiger charge is 2.03. The number of para-hydroxylation sites is 2. The zero-order chi connectivity index (χ0) is 20.7. The van der Waals surface area contributed by atoms with Gasteiger partial charge in [-0.3, -0.25) is 0 Å². The Balaban J connectivity index is 1.56. The quantitative estimate of drug-likeness (QED) is 0.660. The molecule has 0 unspecified atom stereocenters. The van der Waals surface area contributed by atoms with E-state index in [1.807, 2.05) is 48.5 Å². The van der Waals surface area contributed by atoms with Crippen molar-refractivity contribution in [3.05, 3.63) is 59.7 Å². The molecule has 0 radical (unpaired) electrons. The van der Waals surface area contributed by atoms with E-state index in [4.69, 9.17) is 28.6 Å². The molecule has 0 spiro atoms. The molecule has 2 aromatic carbocycles. The van der Waals surface area contributed by atoms with Crippen molar-refractivity contribution in [3.8, 4) is 11.5 Å². The predicted octanol–water partition coefficient (Wildman–Crippen LogP) is 2.89. The Morgan fingerprint density at radius 3 is 1.43 bits per heavy atom. The fourth-order valence-electron chi connectivity index (χ4n) is 2.55. The lowest BCUT2D eigenvalue weighted by Crippen LogP contribution is -2.13. The summed E-state index contributed by atoms with van der Waals surface area (Å²) >= 11 is 0. The monoisotopic (exact) mass is 414 g/mol. The van der Waals surface area contributed by atoms with E-state index in [0.717, 1.165) is 11.1 Å². The van der Waals surface area contributed by atoms with Crippen molar-refractivity contribution < 1.29 is 28.6 Å². The Kier molecular flexibility index (Phi) is 9.49. The van der Waals surface area contributed by atoms with Crippen molar-refractivity contribution in [1.29, 1.82) is 0 Å². The van der Waals surface area contributed by atoms with Gasteiger partial charge >= 0.3 is 0 Å². The second-order valence-electron chi connectivity index (χ2n) is 6.13. The molecule has 0 aliphatic carbocycles. The fourth-order valence-corrected chi connectivity index (χ4v) is 2.55. The first kappa shape index (κ1) is 21.6. The van der Waals surface area contributed by atoms with Crippen LogP contribution in [0.25, 0.3) is 0 Å². The van der Waals surface area contributed by atoms with E-state index in [9.17, 15) is 0 Å². The molecular formula is C22H26N2O6. The highest BCUT2D eigenvalue weighted by Crippen LogP contribution is 2.17. The molecule has 8 nitrogen and oxygen atoms in total. The molecule has 0 fully saturated rings. The first-order valence-electron chi connectivity index (χ1n) is 9.83. The molecule has 1 aliphatic rings. The zero-order valence-electron chi connectivity index (χ0n) is 16.8. The number of fused-ring (bicyclic) bond motifs is 2. The van der Waals surface area contributed by atoms with Gasteiger partial charge in [-0.15, -0.1) is 0 Å². The van der Waals surface area contributed by atoms with Gasteiger partial charge in [-0.1, -0.05) is 34.6 Å². The van der Waals surface area contributed by atoms with E-state index in [2.05, 4.69) is 10.3 Å². The third kappa shape index (κ3) is 7.73. The van der Waals surface area contributed by atoms with Crippen LogP contribution in [0.5, 0.6) is 11.5 Å². The zero-order valence-corrected chi connectivity index (χ0v) is 16.8. The Hall–Kier alpha value is -3.10. The summed E-state index contributed by atoms with van der Waals surface area (Å²) in [5, 5.41) is 7.92. The third-order valence-corrected chi connectivity index (χ3v) is 3.98. The van der Waals surface area contributed by atoms with Gasteiger partial charge < -0.3 is 28.6 Å². The minimum atomic E-state index is 0.335. The summed E-state index contributed by atoms with van der Waals surface area (Å²) in [6.45, 7) is 3.19. The largest absolute Gasteiger partial charge is 0.491 e. The van der Waals surface area contributed by atoms with Crippen LogP contribution in [0.2, 0.25) is 0 Å². The van der Waals surface area contributed by atoms with Crippen LogP contribution in [0.4, 0.5) is 0 Å². The Morgan fingerprint density at radius 1 is 0.500 bits per heavy atom. The summed E-state index contributed by atoms with van der Waals surface area (Å²) in [4.78, 5) is 10.4. The minimum Gasteiger partial charge on any atom is -0.491 e. The van der Waals surface area contributed by atoms with Gasteiger partial charge in [0.15, 0.2) is 0 Å². The smallest absolute Gasteiger partial charge is 0.140 e. The van der Waals surface area contributed by atoms with E-state index >= 15 is 0 Å². The molecule has 2 aromatic rings. The van der Waals surface area contributed by atoms with Crippen molar-refractivity contribution in [2.45, 2.75) is 0 Å². The number of benzene rings is 2. The molecule has 0 saturated carbocycles. The molecule has 1 aliphatic heterocycles.